The lowest BCUT2D eigenvalue weighted by molar-refractivity contribution is 0.0985. The van der Waals surface area contributed by atoms with E-state index in [0.717, 1.165) is 21.7 Å². The number of carbonyl (C=O) groups is 1. The molecule has 0 spiro atoms. The average molecular weight is 484 g/mol. The van der Waals surface area contributed by atoms with Crippen LogP contribution in [0.5, 0.6) is 17.2 Å². The number of ether oxygens (including phenoxy) is 2. The zero-order valence-corrected chi connectivity index (χ0v) is 20.4. The summed E-state index contributed by atoms with van der Waals surface area (Å²) in [6, 6.07) is 22.5. The molecular formula is C25H26ClN3O3S. The first-order chi connectivity index (χ1) is 15.5. The monoisotopic (exact) mass is 483 g/mol. The molecular weight excluding hydrogens is 458 g/mol. The van der Waals surface area contributed by atoms with E-state index >= 15 is 0 Å². The van der Waals surface area contributed by atoms with E-state index in [4.69, 9.17) is 14.5 Å². The molecule has 0 bridgehead atoms. The molecule has 0 radical (unpaired) electrons. The molecule has 0 aliphatic rings. The van der Waals surface area contributed by atoms with Crippen molar-refractivity contribution in [1.82, 2.24) is 9.88 Å². The maximum atomic E-state index is 13.6. The number of thiazole rings is 1. The molecule has 4 rings (SSSR count). The molecule has 172 valence electrons. The van der Waals surface area contributed by atoms with Crippen molar-refractivity contribution in [2.75, 3.05) is 39.2 Å². The second-order valence-corrected chi connectivity index (χ2v) is 8.54. The summed E-state index contributed by atoms with van der Waals surface area (Å²) in [4.78, 5) is 22.1. The summed E-state index contributed by atoms with van der Waals surface area (Å²) in [5.41, 5.74) is 1.39. The summed E-state index contributed by atoms with van der Waals surface area (Å²) >= 11 is 1.48. The van der Waals surface area contributed by atoms with E-state index in [-0.39, 0.29) is 18.3 Å². The van der Waals surface area contributed by atoms with Gasteiger partial charge < -0.3 is 14.4 Å². The van der Waals surface area contributed by atoms with Gasteiger partial charge in [0.2, 0.25) is 0 Å². The molecule has 33 heavy (non-hydrogen) atoms. The summed E-state index contributed by atoms with van der Waals surface area (Å²) in [6.07, 6.45) is 0. The van der Waals surface area contributed by atoms with Crippen molar-refractivity contribution in [3.05, 3.63) is 78.4 Å². The van der Waals surface area contributed by atoms with E-state index in [0.29, 0.717) is 29.5 Å². The lowest BCUT2D eigenvalue weighted by atomic mass is 10.2. The predicted molar refractivity (Wildman–Crippen MR) is 137 cm³/mol. The van der Waals surface area contributed by atoms with Crippen LogP contribution in [0.2, 0.25) is 0 Å². The third kappa shape index (κ3) is 6.01. The molecule has 0 N–H and O–H groups in total. The Labute approximate surface area is 203 Å². The highest BCUT2D eigenvalue weighted by Crippen LogP contribution is 2.32. The summed E-state index contributed by atoms with van der Waals surface area (Å²) in [6.45, 7) is 1.23. The highest BCUT2D eigenvalue weighted by Gasteiger charge is 2.22. The average Bonchev–Trinajstić information content (AvgIpc) is 3.22. The van der Waals surface area contributed by atoms with Crippen LogP contribution in [-0.2, 0) is 0 Å². The SMILES string of the molecule is COc1ccc2nc(N(CCN(C)C)C(=O)c3cccc(Oc4ccccc4)c3)sc2c1.Cl. The molecule has 3 aromatic carbocycles. The van der Waals surface area contributed by atoms with Gasteiger partial charge in [-0.2, -0.15) is 0 Å². The van der Waals surface area contributed by atoms with Crippen LogP contribution in [0.4, 0.5) is 5.13 Å². The Bertz CT molecular complexity index is 1210. The molecule has 0 saturated carbocycles. The fourth-order valence-electron chi connectivity index (χ4n) is 3.19. The van der Waals surface area contributed by atoms with Crippen molar-refractivity contribution < 1.29 is 14.3 Å². The number of likely N-dealkylation sites (N-methyl/N-ethyl adjacent to an activating group) is 1. The zero-order chi connectivity index (χ0) is 22.5. The van der Waals surface area contributed by atoms with Gasteiger partial charge in [-0.1, -0.05) is 35.6 Å². The number of aromatic nitrogens is 1. The van der Waals surface area contributed by atoms with Crippen molar-refractivity contribution in [2.24, 2.45) is 0 Å². The van der Waals surface area contributed by atoms with Gasteiger partial charge in [0.25, 0.3) is 5.91 Å². The van der Waals surface area contributed by atoms with Crippen LogP contribution in [0.15, 0.2) is 72.8 Å². The number of amides is 1. The van der Waals surface area contributed by atoms with Crippen LogP contribution in [0.3, 0.4) is 0 Å². The maximum Gasteiger partial charge on any atom is 0.260 e. The standard InChI is InChI=1S/C25H25N3O3S.ClH/c1-27(2)14-15-28(25-26-22-13-12-20(30-3)17-23(22)32-25)24(29)18-8-7-11-21(16-18)31-19-9-5-4-6-10-19;/h4-13,16-17H,14-15H2,1-3H3;1H. The lowest BCUT2D eigenvalue weighted by Gasteiger charge is -2.22. The first-order valence-electron chi connectivity index (χ1n) is 10.3. The summed E-state index contributed by atoms with van der Waals surface area (Å²) in [7, 11) is 5.61. The molecule has 0 aliphatic carbocycles. The van der Waals surface area contributed by atoms with Gasteiger partial charge in [-0.05, 0) is 62.6 Å². The predicted octanol–water partition coefficient (Wildman–Crippen LogP) is 5.73. The Kier molecular flexibility index (Phi) is 8.27. The first kappa shape index (κ1) is 24.5. The van der Waals surface area contributed by atoms with E-state index in [1.807, 2.05) is 79.7 Å². The van der Waals surface area contributed by atoms with Crippen molar-refractivity contribution >= 4 is 45.0 Å². The van der Waals surface area contributed by atoms with Gasteiger partial charge in [0, 0.05) is 18.7 Å². The lowest BCUT2D eigenvalue weighted by Crippen LogP contribution is -2.36. The molecule has 0 atom stereocenters. The number of methoxy groups -OCH3 is 1. The van der Waals surface area contributed by atoms with Crippen LogP contribution in [-0.4, -0.2) is 50.1 Å². The van der Waals surface area contributed by atoms with E-state index in [9.17, 15) is 4.79 Å². The van der Waals surface area contributed by atoms with Crippen molar-refractivity contribution in [3.8, 4) is 17.2 Å². The number of para-hydroxylation sites is 1. The van der Waals surface area contributed by atoms with Crippen LogP contribution in [0, 0.1) is 0 Å². The van der Waals surface area contributed by atoms with Crippen LogP contribution in [0.1, 0.15) is 10.4 Å². The fraction of sp³-hybridized carbons (Fsp3) is 0.200. The topological polar surface area (TPSA) is 54.9 Å². The Morgan fingerprint density at radius 1 is 0.909 bits per heavy atom. The Morgan fingerprint density at radius 2 is 1.67 bits per heavy atom. The Morgan fingerprint density at radius 3 is 2.39 bits per heavy atom. The third-order valence-electron chi connectivity index (χ3n) is 4.89. The third-order valence-corrected chi connectivity index (χ3v) is 5.93. The van der Waals surface area contributed by atoms with Crippen molar-refractivity contribution in [2.45, 2.75) is 0 Å². The van der Waals surface area contributed by atoms with E-state index in [1.165, 1.54) is 11.3 Å². The molecule has 0 fully saturated rings. The number of benzene rings is 3. The number of nitrogens with zero attached hydrogens (tertiary/aromatic N) is 3. The molecule has 0 unspecified atom stereocenters. The van der Waals surface area contributed by atoms with Crippen molar-refractivity contribution in [1.29, 1.82) is 0 Å². The van der Waals surface area contributed by atoms with Gasteiger partial charge in [-0.3, -0.25) is 9.69 Å². The van der Waals surface area contributed by atoms with Crippen LogP contribution < -0.4 is 14.4 Å². The summed E-state index contributed by atoms with van der Waals surface area (Å²) in [5.74, 6) is 1.99. The second-order valence-electron chi connectivity index (χ2n) is 7.53. The number of halogens is 1. The van der Waals surface area contributed by atoms with Crippen LogP contribution >= 0.6 is 23.7 Å². The Hall–Kier alpha value is -3.13. The number of hydrogen-bond donors (Lipinski definition) is 0. The molecule has 6 nitrogen and oxygen atoms in total. The minimum Gasteiger partial charge on any atom is -0.497 e. The number of hydrogen-bond acceptors (Lipinski definition) is 6. The summed E-state index contributed by atoms with van der Waals surface area (Å²) < 4.78 is 12.2. The molecule has 4 aromatic rings. The van der Waals surface area contributed by atoms with Gasteiger partial charge in [-0.25, -0.2) is 4.98 Å². The molecule has 0 saturated heterocycles. The second kappa shape index (κ2) is 11.1. The smallest absolute Gasteiger partial charge is 0.260 e. The molecule has 1 aromatic heterocycles. The van der Waals surface area contributed by atoms with Gasteiger partial charge in [-0.15, -0.1) is 12.4 Å². The minimum atomic E-state index is -0.114. The number of anilines is 1. The molecule has 8 heteroatoms. The molecule has 0 aliphatic heterocycles. The van der Waals surface area contributed by atoms with Gasteiger partial charge >= 0.3 is 0 Å². The van der Waals surface area contributed by atoms with E-state index in [2.05, 4.69) is 0 Å². The highest BCUT2D eigenvalue weighted by molar-refractivity contribution is 7.22. The van der Waals surface area contributed by atoms with E-state index in [1.54, 1.807) is 24.1 Å². The summed E-state index contributed by atoms with van der Waals surface area (Å²) in [5, 5.41) is 0.662. The van der Waals surface area contributed by atoms with Crippen LogP contribution in [0.25, 0.3) is 10.2 Å². The van der Waals surface area contributed by atoms with Gasteiger partial charge in [0.05, 0.1) is 17.3 Å². The van der Waals surface area contributed by atoms with Crippen molar-refractivity contribution in [3.63, 3.8) is 0 Å². The largest absolute Gasteiger partial charge is 0.497 e. The fourth-order valence-corrected chi connectivity index (χ4v) is 4.21. The van der Waals surface area contributed by atoms with Gasteiger partial charge in [0.15, 0.2) is 5.13 Å². The quantitative estimate of drug-likeness (QED) is 0.320. The number of carbonyl (C=O) groups excluding carboxylic acids is 1. The number of fused-ring (bicyclic) bond motifs is 1. The molecule has 1 heterocycles. The highest BCUT2D eigenvalue weighted by atomic mass is 35.5. The minimum absolute atomic E-state index is 0. The number of rotatable bonds is 8. The Balaban J connectivity index is 0.00000306. The molecule has 1 amide bonds. The maximum absolute atomic E-state index is 13.6. The first-order valence-corrected chi connectivity index (χ1v) is 11.1. The normalized spacial score (nSPS) is 10.7. The van der Waals surface area contributed by atoms with E-state index < -0.39 is 0 Å². The van der Waals surface area contributed by atoms with Gasteiger partial charge in [0.1, 0.15) is 17.2 Å². The zero-order valence-electron chi connectivity index (χ0n) is 18.7.